The number of nitrogens with zero attached hydrogens (tertiary/aromatic N) is 1. The lowest BCUT2D eigenvalue weighted by atomic mass is 10.0. The number of nitrogens with two attached hydrogens (primary N) is 2. The summed E-state index contributed by atoms with van der Waals surface area (Å²) in [5.41, 5.74) is 13.9. The van der Waals surface area contributed by atoms with Crippen LogP contribution in [0.15, 0.2) is 28.8 Å². The molecule has 3 rings (SSSR count). The van der Waals surface area contributed by atoms with Crippen molar-refractivity contribution in [3.05, 3.63) is 38.9 Å². The van der Waals surface area contributed by atoms with Crippen molar-refractivity contribution in [2.24, 2.45) is 0 Å². The number of hydrogen-bond acceptors (Lipinski definition) is 4. The Kier molecular flexibility index (Phi) is 3.21. The lowest BCUT2D eigenvalue weighted by molar-refractivity contribution is 0.628. The largest absolute Gasteiger partial charge is 0.436 e. The molecule has 0 bridgehead atoms. The van der Waals surface area contributed by atoms with Crippen molar-refractivity contribution in [1.29, 1.82) is 0 Å². The van der Waals surface area contributed by atoms with E-state index in [1.807, 2.05) is 22.6 Å². The fourth-order valence-corrected chi connectivity index (χ4v) is 2.70. The van der Waals surface area contributed by atoms with Crippen molar-refractivity contribution < 1.29 is 8.81 Å². The third kappa shape index (κ3) is 1.99. The van der Waals surface area contributed by atoms with E-state index in [0.29, 0.717) is 31.5 Å². The zero-order chi connectivity index (χ0) is 14.4. The molecule has 0 atom stereocenters. The summed E-state index contributed by atoms with van der Waals surface area (Å²) < 4.78 is 19.3. The van der Waals surface area contributed by atoms with Crippen LogP contribution in [0.4, 0.5) is 16.0 Å². The van der Waals surface area contributed by atoms with Crippen molar-refractivity contribution in [2.75, 3.05) is 11.5 Å². The highest BCUT2D eigenvalue weighted by Crippen LogP contribution is 2.39. The lowest BCUT2D eigenvalue weighted by Crippen LogP contribution is -1.92. The molecule has 2 aromatic heterocycles. The van der Waals surface area contributed by atoms with Crippen LogP contribution in [0.1, 0.15) is 0 Å². The second-order valence-electron chi connectivity index (χ2n) is 4.18. The molecule has 3 aromatic rings. The van der Waals surface area contributed by atoms with Gasteiger partial charge in [-0.2, -0.15) is 0 Å². The van der Waals surface area contributed by atoms with Crippen molar-refractivity contribution >= 4 is 56.7 Å². The molecule has 0 fully saturated rings. The summed E-state index contributed by atoms with van der Waals surface area (Å²) in [6.07, 6.45) is 1.64. The number of hydrogen-bond donors (Lipinski definition) is 2. The van der Waals surface area contributed by atoms with Crippen LogP contribution in [0.25, 0.3) is 22.1 Å². The smallest absolute Gasteiger partial charge is 0.215 e. The average molecular weight is 404 g/mol. The highest BCUT2D eigenvalue weighted by Gasteiger charge is 2.18. The molecule has 0 radical (unpaired) electrons. The number of pyridine rings is 1. The van der Waals surface area contributed by atoms with E-state index >= 15 is 0 Å². The van der Waals surface area contributed by atoms with Crippen LogP contribution in [0.3, 0.4) is 0 Å². The Morgan fingerprint density at radius 2 is 2.05 bits per heavy atom. The number of aromatic nitrogens is 1. The number of furan rings is 1. The molecule has 7 heteroatoms. The van der Waals surface area contributed by atoms with Crippen LogP contribution in [-0.2, 0) is 0 Å². The first-order chi connectivity index (χ1) is 9.49. The van der Waals surface area contributed by atoms with Gasteiger partial charge in [0.2, 0.25) is 5.88 Å². The van der Waals surface area contributed by atoms with Gasteiger partial charge in [0.05, 0.1) is 10.4 Å². The zero-order valence-corrected chi connectivity index (χ0v) is 12.9. The molecule has 0 saturated carbocycles. The quantitative estimate of drug-likeness (QED) is 0.474. The molecule has 0 aliphatic carbocycles. The predicted molar refractivity (Wildman–Crippen MR) is 86.0 cm³/mol. The van der Waals surface area contributed by atoms with Crippen LogP contribution < -0.4 is 11.5 Å². The van der Waals surface area contributed by atoms with Crippen molar-refractivity contribution in [3.8, 4) is 11.1 Å². The molecule has 1 aromatic carbocycles. The topological polar surface area (TPSA) is 78.1 Å². The molecular formula is C13H8ClFIN3O. The highest BCUT2D eigenvalue weighted by atomic mass is 127. The van der Waals surface area contributed by atoms with Gasteiger partial charge in [-0.1, -0.05) is 17.7 Å². The van der Waals surface area contributed by atoms with E-state index in [2.05, 4.69) is 4.98 Å². The van der Waals surface area contributed by atoms with Crippen LogP contribution in [-0.4, -0.2) is 4.98 Å². The molecule has 2 heterocycles. The maximum Gasteiger partial charge on any atom is 0.215 e. The van der Waals surface area contributed by atoms with Crippen LogP contribution in [0.5, 0.6) is 0 Å². The molecule has 0 aliphatic rings. The third-order valence-electron chi connectivity index (χ3n) is 2.97. The first-order valence-electron chi connectivity index (χ1n) is 5.56. The minimum absolute atomic E-state index is 0.0317. The standard InChI is InChI=1S/C13H8ClFIN3O/c14-7-3-5(1-2-8(7)15)6-4-19-12(16)11-9(6)10(17)13(18)20-11/h1-4H,17-18H2. The number of nitrogen functional groups attached to an aromatic ring is 2. The van der Waals surface area contributed by atoms with Gasteiger partial charge in [-0.25, -0.2) is 9.37 Å². The van der Waals surface area contributed by atoms with Crippen molar-refractivity contribution in [1.82, 2.24) is 4.98 Å². The molecule has 4 N–H and O–H groups in total. The summed E-state index contributed by atoms with van der Waals surface area (Å²) in [4.78, 5) is 4.24. The van der Waals surface area contributed by atoms with Gasteiger partial charge in [-0.3, -0.25) is 0 Å². The Hall–Kier alpha value is -1.54. The Labute approximate surface area is 132 Å². The highest BCUT2D eigenvalue weighted by molar-refractivity contribution is 14.1. The minimum atomic E-state index is -0.482. The Morgan fingerprint density at radius 1 is 1.30 bits per heavy atom. The van der Waals surface area contributed by atoms with E-state index in [1.165, 1.54) is 12.1 Å². The van der Waals surface area contributed by atoms with E-state index in [-0.39, 0.29) is 10.9 Å². The fraction of sp³-hybridized carbons (Fsp3) is 0. The first kappa shape index (κ1) is 13.4. The molecule has 0 unspecified atom stereocenters. The third-order valence-corrected chi connectivity index (χ3v) is 4.03. The van der Waals surface area contributed by atoms with Gasteiger partial charge in [-0.05, 0) is 40.3 Å². The lowest BCUT2D eigenvalue weighted by Gasteiger charge is -2.05. The average Bonchev–Trinajstić information content (AvgIpc) is 2.72. The zero-order valence-electron chi connectivity index (χ0n) is 9.95. The van der Waals surface area contributed by atoms with Crippen LogP contribution in [0, 0.1) is 9.52 Å². The molecule has 0 spiro atoms. The Balaban J connectivity index is 2.36. The van der Waals surface area contributed by atoms with Gasteiger partial charge in [0.25, 0.3) is 0 Å². The number of anilines is 2. The van der Waals surface area contributed by atoms with E-state index in [0.717, 1.165) is 0 Å². The maximum atomic E-state index is 13.3. The van der Waals surface area contributed by atoms with E-state index < -0.39 is 5.82 Å². The number of benzene rings is 1. The molecule has 0 amide bonds. The van der Waals surface area contributed by atoms with Gasteiger partial charge in [0.1, 0.15) is 15.2 Å². The summed E-state index contributed by atoms with van der Waals surface area (Å²) in [5.74, 6) is -0.342. The van der Waals surface area contributed by atoms with Crippen LogP contribution >= 0.6 is 34.2 Å². The van der Waals surface area contributed by atoms with Crippen molar-refractivity contribution in [3.63, 3.8) is 0 Å². The molecular weight excluding hydrogens is 396 g/mol. The van der Waals surface area contributed by atoms with E-state index in [4.69, 9.17) is 27.5 Å². The summed E-state index contributed by atoms with van der Waals surface area (Å²) in [6, 6.07) is 4.41. The molecule has 0 saturated heterocycles. The first-order valence-corrected chi connectivity index (χ1v) is 7.02. The maximum absolute atomic E-state index is 13.3. The van der Waals surface area contributed by atoms with Gasteiger partial charge in [0, 0.05) is 11.8 Å². The monoisotopic (exact) mass is 403 g/mol. The Morgan fingerprint density at radius 3 is 2.75 bits per heavy atom. The number of rotatable bonds is 1. The Bertz CT molecular complexity index is 834. The van der Waals surface area contributed by atoms with Crippen molar-refractivity contribution in [2.45, 2.75) is 0 Å². The van der Waals surface area contributed by atoms with E-state index in [1.54, 1.807) is 12.3 Å². The fourth-order valence-electron chi connectivity index (χ4n) is 2.00. The van der Waals surface area contributed by atoms with Crippen LogP contribution in [0.2, 0.25) is 5.02 Å². The van der Waals surface area contributed by atoms with Gasteiger partial charge >= 0.3 is 0 Å². The molecule has 4 nitrogen and oxygen atoms in total. The molecule has 102 valence electrons. The summed E-state index contributed by atoms with van der Waals surface area (Å²) in [6.45, 7) is 0. The second-order valence-corrected chi connectivity index (χ2v) is 5.60. The second kappa shape index (κ2) is 4.78. The van der Waals surface area contributed by atoms with Gasteiger partial charge in [-0.15, -0.1) is 0 Å². The summed E-state index contributed by atoms with van der Waals surface area (Å²) >= 11 is 7.85. The SMILES string of the molecule is Nc1oc2c(I)ncc(-c3ccc(F)c(Cl)c3)c2c1N. The predicted octanol–water partition coefficient (Wildman–Crippen LogP) is 4.06. The number of halogens is 3. The summed E-state index contributed by atoms with van der Waals surface area (Å²) in [5, 5.41) is 0.689. The molecule has 20 heavy (non-hydrogen) atoms. The number of fused-ring (bicyclic) bond motifs is 1. The molecule has 0 aliphatic heterocycles. The van der Waals surface area contributed by atoms with E-state index in [9.17, 15) is 4.39 Å². The van der Waals surface area contributed by atoms with Gasteiger partial charge in [0.15, 0.2) is 5.58 Å². The van der Waals surface area contributed by atoms with Gasteiger partial charge < -0.3 is 15.9 Å². The normalized spacial score (nSPS) is 11.2. The minimum Gasteiger partial charge on any atom is -0.436 e. The summed E-state index contributed by atoms with van der Waals surface area (Å²) in [7, 11) is 0.